The number of carbonyl (C=O) groups excluding carboxylic acids is 1. The first-order valence-electron chi connectivity index (χ1n) is 6.20. The van der Waals surface area contributed by atoms with Gasteiger partial charge in [-0.05, 0) is 25.5 Å². The Kier molecular flexibility index (Phi) is 5.83. The van der Waals surface area contributed by atoms with E-state index in [1.54, 1.807) is 12.1 Å². The summed E-state index contributed by atoms with van der Waals surface area (Å²) in [5.74, 6) is 0.957. The van der Waals surface area contributed by atoms with Crippen LogP contribution in [0, 0.1) is 0 Å². The minimum Gasteiger partial charge on any atom is -0.493 e. The Morgan fingerprint density at radius 1 is 1.15 bits per heavy atom. The van der Waals surface area contributed by atoms with Crippen molar-refractivity contribution in [2.45, 2.75) is 20.3 Å². The second-order valence-corrected chi connectivity index (χ2v) is 4.06. The van der Waals surface area contributed by atoms with Gasteiger partial charge in [0.05, 0.1) is 21.3 Å². The molecule has 0 saturated carbocycles. The Morgan fingerprint density at radius 3 is 2.10 bits per heavy atom. The molecule has 20 heavy (non-hydrogen) atoms. The van der Waals surface area contributed by atoms with Crippen LogP contribution < -0.4 is 19.6 Å². The van der Waals surface area contributed by atoms with E-state index in [4.69, 9.17) is 14.2 Å². The molecule has 110 valence electrons. The van der Waals surface area contributed by atoms with Gasteiger partial charge in [0.2, 0.25) is 5.75 Å². The number of hydrazone groups is 1. The number of nitrogens with one attached hydrogen (secondary N) is 1. The average Bonchev–Trinajstić information content (AvgIpc) is 2.50. The first kappa shape index (κ1) is 15.8. The van der Waals surface area contributed by atoms with Gasteiger partial charge in [-0.25, -0.2) is 5.43 Å². The number of rotatable bonds is 6. The van der Waals surface area contributed by atoms with Crippen molar-refractivity contribution in [3.63, 3.8) is 0 Å². The second-order valence-electron chi connectivity index (χ2n) is 4.06. The zero-order chi connectivity index (χ0) is 15.1. The number of amides is 1. The molecule has 1 rings (SSSR count). The lowest BCUT2D eigenvalue weighted by molar-refractivity contribution is 0.0954. The molecule has 1 amide bonds. The molecular formula is C14H20N2O4. The number of methoxy groups -OCH3 is 3. The molecule has 0 aliphatic heterocycles. The predicted molar refractivity (Wildman–Crippen MR) is 77.0 cm³/mol. The Bertz CT molecular complexity index is 487. The average molecular weight is 280 g/mol. The molecule has 0 spiro atoms. The molecule has 1 N–H and O–H groups in total. The summed E-state index contributed by atoms with van der Waals surface area (Å²) in [4.78, 5) is 12.0. The van der Waals surface area contributed by atoms with Crippen molar-refractivity contribution in [1.29, 1.82) is 0 Å². The highest BCUT2D eigenvalue weighted by Gasteiger charge is 2.16. The largest absolute Gasteiger partial charge is 0.493 e. The van der Waals surface area contributed by atoms with Gasteiger partial charge in [-0.3, -0.25) is 4.79 Å². The molecule has 0 radical (unpaired) electrons. The zero-order valence-corrected chi connectivity index (χ0v) is 12.4. The van der Waals surface area contributed by atoms with E-state index in [1.165, 1.54) is 21.3 Å². The second kappa shape index (κ2) is 7.37. The van der Waals surface area contributed by atoms with Crippen molar-refractivity contribution in [2.75, 3.05) is 21.3 Å². The first-order chi connectivity index (χ1) is 9.57. The highest BCUT2D eigenvalue weighted by Crippen LogP contribution is 2.38. The molecule has 1 aromatic carbocycles. The summed E-state index contributed by atoms with van der Waals surface area (Å²) < 4.78 is 15.6. The molecule has 0 aromatic heterocycles. The van der Waals surface area contributed by atoms with Gasteiger partial charge in [0.25, 0.3) is 5.91 Å². The standard InChI is InChI=1S/C14H20N2O4/c1-6-9(2)15-16-14(17)10-7-11(18-3)13(20-5)12(8-10)19-4/h7-8H,6H2,1-5H3,(H,16,17). The van der Waals surface area contributed by atoms with Crippen molar-refractivity contribution >= 4 is 11.6 Å². The van der Waals surface area contributed by atoms with E-state index in [2.05, 4.69) is 10.5 Å². The molecule has 0 unspecified atom stereocenters. The minimum absolute atomic E-state index is 0.336. The van der Waals surface area contributed by atoms with Crippen molar-refractivity contribution in [1.82, 2.24) is 5.43 Å². The third kappa shape index (κ3) is 3.63. The Morgan fingerprint density at radius 2 is 1.70 bits per heavy atom. The minimum atomic E-state index is -0.336. The SMILES string of the molecule is CCC(C)=NNC(=O)c1cc(OC)c(OC)c(OC)c1. The maximum atomic E-state index is 12.0. The highest BCUT2D eigenvalue weighted by atomic mass is 16.5. The van der Waals surface area contributed by atoms with Gasteiger partial charge < -0.3 is 14.2 Å². The van der Waals surface area contributed by atoms with E-state index >= 15 is 0 Å². The number of hydrogen-bond donors (Lipinski definition) is 1. The van der Waals surface area contributed by atoms with E-state index < -0.39 is 0 Å². The van der Waals surface area contributed by atoms with Crippen LogP contribution in [0.4, 0.5) is 0 Å². The molecule has 0 fully saturated rings. The summed E-state index contributed by atoms with van der Waals surface area (Å²) in [5, 5.41) is 3.98. The van der Waals surface area contributed by atoms with Crippen LogP contribution in [0.2, 0.25) is 0 Å². The molecule has 0 heterocycles. The number of carbonyl (C=O) groups is 1. The zero-order valence-electron chi connectivity index (χ0n) is 12.4. The number of hydrogen-bond acceptors (Lipinski definition) is 5. The van der Waals surface area contributed by atoms with Crippen LogP contribution in [-0.4, -0.2) is 32.9 Å². The lowest BCUT2D eigenvalue weighted by Crippen LogP contribution is -2.19. The monoisotopic (exact) mass is 280 g/mol. The molecule has 0 saturated heterocycles. The molecule has 6 nitrogen and oxygen atoms in total. The fraction of sp³-hybridized carbons (Fsp3) is 0.429. The first-order valence-corrected chi connectivity index (χ1v) is 6.20. The molecule has 0 aliphatic rings. The quantitative estimate of drug-likeness (QED) is 0.641. The van der Waals surface area contributed by atoms with Gasteiger partial charge in [-0.2, -0.15) is 5.10 Å². The van der Waals surface area contributed by atoms with Crippen LogP contribution in [0.25, 0.3) is 0 Å². The fourth-order valence-electron chi connectivity index (χ4n) is 1.50. The highest BCUT2D eigenvalue weighted by molar-refractivity contribution is 5.96. The summed E-state index contributed by atoms with van der Waals surface area (Å²) in [6.45, 7) is 3.81. The van der Waals surface area contributed by atoms with E-state index in [-0.39, 0.29) is 5.91 Å². The molecule has 0 atom stereocenters. The van der Waals surface area contributed by atoms with Gasteiger partial charge in [-0.15, -0.1) is 0 Å². The molecule has 6 heteroatoms. The smallest absolute Gasteiger partial charge is 0.271 e. The molecular weight excluding hydrogens is 260 g/mol. The van der Waals surface area contributed by atoms with Crippen LogP contribution in [0.5, 0.6) is 17.2 Å². The number of ether oxygens (including phenoxy) is 3. The van der Waals surface area contributed by atoms with Gasteiger partial charge in [-0.1, -0.05) is 6.92 Å². The maximum absolute atomic E-state index is 12.0. The van der Waals surface area contributed by atoms with Gasteiger partial charge in [0.1, 0.15) is 0 Å². The van der Waals surface area contributed by atoms with E-state index in [0.717, 1.165) is 12.1 Å². The summed E-state index contributed by atoms with van der Waals surface area (Å²) >= 11 is 0. The molecule has 0 aliphatic carbocycles. The summed E-state index contributed by atoms with van der Waals surface area (Å²) in [7, 11) is 4.51. The van der Waals surface area contributed by atoms with Crippen molar-refractivity contribution in [3.05, 3.63) is 17.7 Å². The normalized spacial score (nSPS) is 10.9. The van der Waals surface area contributed by atoms with E-state index in [9.17, 15) is 4.79 Å². The molecule has 0 bridgehead atoms. The summed E-state index contributed by atoms with van der Waals surface area (Å²) in [6.07, 6.45) is 0.773. The van der Waals surface area contributed by atoms with Crippen LogP contribution >= 0.6 is 0 Å². The number of nitrogens with zero attached hydrogens (tertiary/aromatic N) is 1. The van der Waals surface area contributed by atoms with Gasteiger partial charge in [0.15, 0.2) is 11.5 Å². The van der Waals surface area contributed by atoms with Crippen LogP contribution in [0.1, 0.15) is 30.6 Å². The lowest BCUT2D eigenvalue weighted by atomic mass is 10.1. The third-order valence-corrected chi connectivity index (χ3v) is 2.79. The topological polar surface area (TPSA) is 69.2 Å². The Balaban J connectivity index is 3.10. The van der Waals surface area contributed by atoms with Gasteiger partial charge >= 0.3 is 0 Å². The van der Waals surface area contributed by atoms with Crippen molar-refractivity contribution in [3.8, 4) is 17.2 Å². The van der Waals surface area contributed by atoms with E-state index in [0.29, 0.717) is 22.8 Å². The Labute approximate surface area is 118 Å². The van der Waals surface area contributed by atoms with E-state index in [1.807, 2.05) is 13.8 Å². The Hall–Kier alpha value is -2.24. The fourth-order valence-corrected chi connectivity index (χ4v) is 1.50. The summed E-state index contributed by atoms with van der Waals surface area (Å²) in [6, 6.07) is 3.15. The maximum Gasteiger partial charge on any atom is 0.271 e. The van der Waals surface area contributed by atoms with Crippen LogP contribution in [0.3, 0.4) is 0 Å². The summed E-state index contributed by atoms with van der Waals surface area (Å²) in [5.41, 5.74) is 3.71. The van der Waals surface area contributed by atoms with Crippen LogP contribution in [0.15, 0.2) is 17.2 Å². The predicted octanol–water partition coefficient (Wildman–Crippen LogP) is 2.23. The third-order valence-electron chi connectivity index (χ3n) is 2.79. The van der Waals surface area contributed by atoms with Crippen molar-refractivity contribution < 1.29 is 19.0 Å². The van der Waals surface area contributed by atoms with Gasteiger partial charge in [0, 0.05) is 11.3 Å². The van der Waals surface area contributed by atoms with Crippen LogP contribution in [-0.2, 0) is 0 Å². The molecule has 1 aromatic rings. The van der Waals surface area contributed by atoms with Crippen molar-refractivity contribution in [2.24, 2.45) is 5.10 Å². The number of benzene rings is 1. The lowest BCUT2D eigenvalue weighted by Gasteiger charge is -2.13.